The van der Waals surface area contributed by atoms with Crippen molar-refractivity contribution in [3.63, 3.8) is 0 Å². The average Bonchev–Trinajstić information content (AvgIpc) is 3.17. The summed E-state index contributed by atoms with van der Waals surface area (Å²) in [6.45, 7) is 0. The van der Waals surface area contributed by atoms with Gasteiger partial charge in [-0.1, -0.05) is 12.1 Å². The zero-order valence-electron chi connectivity index (χ0n) is 16.3. The summed E-state index contributed by atoms with van der Waals surface area (Å²) in [6.07, 6.45) is 4.61. The van der Waals surface area contributed by atoms with E-state index in [2.05, 4.69) is 15.6 Å². The van der Waals surface area contributed by atoms with Crippen LogP contribution in [0.25, 0.3) is 0 Å². The molecule has 0 fully saturated rings. The first kappa shape index (κ1) is 18.7. The molecule has 3 aromatic rings. The Bertz CT molecular complexity index is 1060. The first-order chi connectivity index (χ1) is 14.0. The minimum absolute atomic E-state index is 0.00375. The summed E-state index contributed by atoms with van der Waals surface area (Å²) in [4.78, 5) is 29.0. The number of aromatic nitrogens is 2. The number of amides is 2. The van der Waals surface area contributed by atoms with Crippen molar-refractivity contribution in [1.82, 2.24) is 14.9 Å². The lowest BCUT2D eigenvalue weighted by Crippen LogP contribution is -2.31. The zero-order chi connectivity index (χ0) is 20.4. The zero-order valence-corrected chi connectivity index (χ0v) is 16.3. The molecule has 0 radical (unpaired) electrons. The van der Waals surface area contributed by atoms with Gasteiger partial charge >= 0.3 is 0 Å². The standard InChI is InChI=1S/C22H22N4O3/c1-26-12-11-23-21(26)20(14-3-7-17(29-2)8-4-14)25-22(28)16-5-9-18-15(13-16)6-10-19(27)24-18/h3-5,7-9,11-13,20H,6,10H2,1-2H3,(H,24,27)(H,25,28). The maximum Gasteiger partial charge on any atom is 0.252 e. The highest BCUT2D eigenvalue weighted by atomic mass is 16.5. The molecule has 1 aliphatic heterocycles. The SMILES string of the molecule is COc1ccc(C(NC(=O)c2ccc3c(c2)CCC(=O)N3)c2nccn2C)cc1. The van der Waals surface area contributed by atoms with Crippen LogP contribution in [0.1, 0.15) is 39.8 Å². The van der Waals surface area contributed by atoms with Crippen LogP contribution in [-0.4, -0.2) is 28.5 Å². The van der Waals surface area contributed by atoms with E-state index in [0.29, 0.717) is 18.4 Å². The van der Waals surface area contributed by atoms with Gasteiger partial charge in [0.05, 0.1) is 7.11 Å². The number of nitrogens with one attached hydrogen (secondary N) is 2. The van der Waals surface area contributed by atoms with E-state index in [9.17, 15) is 9.59 Å². The van der Waals surface area contributed by atoms with Crippen LogP contribution < -0.4 is 15.4 Å². The lowest BCUT2D eigenvalue weighted by Gasteiger charge is -2.21. The molecular formula is C22H22N4O3. The molecule has 1 aromatic heterocycles. The van der Waals surface area contributed by atoms with Crippen molar-refractivity contribution in [2.45, 2.75) is 18.9 Å². The largest absolute Gasteiger partial charge is 0.497 e. The molecule has 29 heavy (non-hydrogen) atoms. The molecule has 1 aliphatic rings. The number of hydrogen-bond donors (Lipinski definition) is 2. The quantitative estimate of drug-likeness (QED) is 0.702. The van der Waals surface area contributed by atoms with Gasteiger partial charge in [0.15, 0.2) is 0 Å². The first-order valence-electron chi connectivity index (χ1n) is 9.40. The molecule has 0 saturated heterocycles. The average molecular weight is 390 g/mol. The van der Waals surface area contributed by atoms with Crippen molar-refractivity contribution in [2.24, 2.45) is 7.05 Å². The number of carbonyl (C=O) groups excluding carboxylic acids is 2. The monoisotopic (exact) mass is 390 g/mol. The number of imidazole rings is 1. The number of benzene rings is 2. The van der Waals surface area contributed by atoms with Crippen molar-refractivity contribution in [2.75, 3.05) is 12.4 Å². The van der Waals surface area contributed by atoms with Crippen molar-refractivity contribution >= 4 is 17.5 Å². The normalized spacial score (nSPS) is 13.9. The Balaban J connectivity index is 1.63. The summed E-state index contributed by atoms with van der Waals surface area (Å²) in [7, 11) is 3.51. The summed E-state index contributed by atoms with van der Waals surface area (Å²) >= 11 is 0. The highest BCUT2D eigenvalue weighted by molar-refractivity contribution is 5.98. The fourth-order valence-corrected chi connectivity index (χ4v) is 3.49. The van der Waals surface area contributed by atoms with E-state index < -0.39 is 6.04 Å². The fourth-order valence-electron chi connectivity index (χ4n) is 3.49. The van der Waals surface area contributed by atoms with E-state index in [1.54, 1.807) is 25.4 Å². The maximum absolute atomic E-state index is 13.0. The number of carbonyl (C=O) groups is 2. The topological polar surface area (TPSA) is 85.2 Å². The highest BCUT2D eigenvalue weighted by Crippen LogP contribution is 2.26. The van der Waals surface area contributed by atoms with Crippen LogP contribution >= 0.6 is 0 Å². The number of nitrogens with zero attached hydrogens (tertiary/aromatic N) is 2. The van der Waals surface area contributed by atoms with Gasteiger partial charge in [0.1, 0.15) is 17.6 Å². The van der Waals surface area contributed by atoms with E-state index in [1.165, 1.54) is 0 Å². The molecule has 1 unspecified atom stereocenters. The smallest absolute Gasteiger partial charge is 0.252 e. The molecular weight excluding hydrogens is 368 g/mol. The van der Waals surface area contributed by atoms with Crippen molar-refractivity contribution in [3.05, 3.63) is 77.4 Å². The Morgan fingerprint density at radius 1 is 1.21 bits per heavy atom. The molecule has 0 spiro atoms. The number of hydrogen-bond acceptors (Lipinski definition) is 4. The number of aryl methyl sites for hydroxylation is 2. The number of ether oxygens (including phenoxy) is 1. The van der Waals surface area contributed by atoms with Crippen LogP contribution in [0.4, 0.5) is 5.69 Å². The Kier molecular flexibility index (Phi) is 5.03. The summed E-state index contributed by atoms with van der Waals surface area (Å²) in [6, 6.07) is 12.5. The highest BCUT2D eigenvalue weighted by Gasteiger charge is 2.23. The van der Waals surface area contributed by atoms with Gasteiger partial charge in [0.25, 0.3) is 5.91 Å². The maximum atomic E-state index is 13.0. The van der Waals surface area contributed by atoms with Gasteiger partial charge < -0.3 is 19.9 Å². The molecule has 0 aliphatic carbocycles. The fraction of sp³-hybridized carbons (Fsp3) is 0.227. The summed E-state index contributed by atoms with van der Waals surface area (Å²) in [5.74, 6) is 1.28. The lowest BCUT2D eigenvalue weighted by atomic mass is 9.99. The van der Waals surface area contributed by atoms with E-state index in [4.69, 9.17) is 4.74 Å². The van der Waals surface area contributed by atoms with Gasteiger partial charge in [-0.25, -0.2) is 4.98 Å². The molecule has 0 bridgehead atoms. The molecule has 2 aromatic carbocycles. The number of rotatable bonds is 5. The van der Waals surface area contributed by atoms with Gasteiger partial charge in [-0.15, -0.1) is 0 Å². The summed E-state index contributed by atoms with van der Waals surface area (Å²) in [5.41, 5.74) is 3.19. The van der Waals surface area contributed by atoms with Gasteiger partial charge in [-0.2, -0.15) is 0 Å². The molecule has 0 saturated carbocycles. The second-order valence-electron chi connectivity index (χ2n) is 7.00. The third kappa shape index (κ3) is 3.85. The molecule has 2 amide bonds. The second kappa shape index (κ2) is 7.79. The van der Waals surface area contributed by atoms with Crippen molar-refractivity contribution in [3.8, 4) is 5.75 Å². The number of anilines is 1. The predicted molar refractivity (Wildman–Crippen MR) is 109 cm³/mol. The van der Waals surface area contributed by atoms with Gasteiger partial charge in [0, 0.05) is 37.1 Å². The Morgan fingerprint density at radius 2 is 2.00 bits per heavy atom. The molecule has 7 nitrogen and oxygen atoms in total. The number of methoxy groups -OCH3 is 1. The lowest BCUT2D eigenvalue weighted by molar-refractivity contribution is -0.116. The Morgan fingerprint density at radius 3 is 2.69 bits per heavy atom. The van der Waals surface area contributed by atoms with Gasteiger partial charge in [-0.05, 0) is 47.9 Å². The van der Waals surface area contributed by atoms with Crippen LogP contribution in [0, 0.1) is 0 Å². The molecule has 2 N–H and O–H groups in total. The second-order valence-corrected chi connectivity index (χ2v) is 7.00. The van der Waals surface area contributed by atoms with Crippen LogP contribution in [0.3, 0.4) is 0 Å². The molecule has 4 rings (SSSR count). The van der Waals surface area contributed by atoms with E-state index in [1.807, 2.05) is 48.1 Å². The van der Waals surface area contributed by atoms with E-state index >= 15 is 0 Å². The molecule has 148 valence electrons. The summed E-state index contributed by atoms with van der Waals surface area (Å²) in [5, 5.41) is 5.93. The first-order valence-corrected chi connectivity index (χ1v) is 9.40. The summed E-state index contributed by atoms with van der Waals surface area (Å²) < 4.78 is 7.12. The van der Waals surface area contributed by atoms with Crippen molar-refractivity contribution < 1.29 is 14.3 Å². The predicted octanol–water partition coefficient (Wildman–Crippen LogP) is 2.83. The minimum Gasteiger partial charge on any atom is -0.497 e. The molecule has 7 heteroatoms. The molecule has 2 heterocycles. The van der Waals surface area contributed by atoms with Crippen LogP contribution in [0.2, 0.25) is 0 Å². The minimum atomic E-state index is -0.413. The van der Waals surface area contributed by atoms with E-state index in [-0.39, 0.29) is 11.8 Å². The van der Waals surface area contributed by atoms with Crippen LogP contribution in [0.15, 0.2) is 54.9 Å². The Hall–Kier alpha value is -3.61. The number of fused-ring (bicyclic) bond motifs is 1. The van der Waals surface area contributed by atoms with Crippen LogP contribution in [0.5, 0.6) is 5.75 Å². The Labute approximate surface area is 168 Å². The van der Waals surface area contributed by atoms with Gasteiger partial charge in [-0.3, -0.25) is 9.59 Å². The third-order valence-corrected chi connectivity index (χ3v) is 5.10. The van der Waals surface area contributed by atoms with Gasteiger partial charge in [0.2, 0.25) is 5.91 Å². The van der Waals surface area contributed by atoms with Crippen molar-refractivity contribution in [1.29, 1.82) is 0 Å². The molecule has 1 atom stereocenters. The third-order valence-electron chi connectivity index (χ3n) is 5.10. The van der Waals surface area contributed by atoms with Crippen LogP contribution in [-0.2, 0) is 18.3 Å². The van der Waals surface area contributed by atoms with E-state index in [0.717, 1.165) is 28.4 Å².